The van der Waals surface area contributed by atoms with Gasteiger partial charge >= 0.3 is 0 Å². The summed E-state index contributed by atoms with van der Waals surface area (Å²) in [7, 11) is 0. The summed E-state index contributed by atoms with van der Waals surface area (Å²) in [6.45, 7) is 0.824. The van der Waals surface area contributed by atoms with E-state index >= 15 is 0 Å². The van der Waals surface area contributed by atoms with Crippen LogP contribution in [0.2, 0.25) is 0 Å². The smallest absolute Gasteiger partial charge is 0.00748 e. The molecule has 0 saturated carbocycles. The van der Waals surface area contributed by atoms with Crippen molar-refractivity contribution in [3.05, 3.63) is 29.3 Å². The van der Waals surface area contributed by atoms with Crippen molar-refractivity contribution < 1.29 is 0 Å². The van der Waals surface area contributed by atoms with Gasteiger partial charge in [0.25, 0.3) is 0 Å². The maximum Gasteiger partial charge on any atom is 0.00748 e. The molecule has 2 N–H and O–H groups in total. The molecule has 1 nitrogen and oxygen atoms in total. The Labute approximate surface area is 96.4 Å². The first kappa shape index (κ1) is 11.0. The molecule has 1 aliphatic carbocycles. The highest BCUT2D eigenvalue weighted by Gasteiger charge is 2.10. The lowest BCUT2D eigenvalue weighted by atomic mass is 10.1. The van der Waals surface area contributed by atoms with Crippen LogP contribution in [0.25, 0.3) is 0 Å². The summed E-state index contributed by atoms with van der Waals surface area (Å²) in [5.74, 6) is 1.20. The lowest BCUT2D eigenvalue weighted by Crippen LogP contribution is -1.98. The number of aryl methyl sites for hydroxylation is 2. The Morgan fingerprint density at radius 3 is 2.87 bits per heavy atom. The zero-order valence-corrected chi connectivity index (χ0v) is 9.98. The Balaban J connectivity index is 1.87. The highest BCUT2D eigenvalue weighted by molar-refractivity contribution is 7.99. The first-order valence-electron chi connectivity index (χ1n) is 5.85. The maximum atomic E-state index is 5.47. The summed E-state index contributed by atoms with van der Waals surface area (Å²) in [6, 6.07) is 6.97. The van der Waals surface area contributed by atoms with E-state index in [2.05, 4.69) is 18.2 Å². The average Bonchev–Trinajstić information content (AvgIpc) is 2.71. The third-order valence-corrected chi connectivity index (χ3v) is 4.02. The van der Waals surface area contributed by atoms with Gasteiger partial charge < -0.3 is 5.73 Å². The molecule has 0 atom stereocenters. The molecule has 0 amide bonds. The number of thioether (sulfide) groups is 1. The molecule has 2 rings (SSSR count). The molecular weight excluding hydrogens is 202 g/mol. The Morgan fingerprint density at radius 2 is 2.00 bits per heavy atom. The second-order valence-electron chi connectivity index (χ2n) is 4.13. The van der Waals surface area contributed by atoms with Crippen molar-refractivity contribution in [2.75, 3.05) is 12.3 Å². The molecule has 2 heteroatoms. The van der Waals surface area contributed by atoms with Gasteiger partial charge in [-0.1, -0.05) is 6.07 Å². The number of unbranched alkanes of at least 4 members (excludes halogenated alkanes) is 1. The van der Waals surface area contributed by atoms with E-state index in [4.69, 9.17) is 5.73 Å². The van der Waals surface area contributed by atoms with Crippen molar-refractivity contribution in [3.63, 3.8) is 0 Å². The van der Waals surface area contributed by atoms with E-state index in [1.807, 2.05) is 11.8 Å². The van der Waals surface area contributed by atoms with Crippen molar-refractivity contribution in [1.82, 2.24) is 0 Å². The number of nitrogens with two attached hydrogens (primary N) is 1. The summed E-state index contributed by atoms with van der Waals surface area (Å²) in [5.41, 5.74) is 8.63. The van der Waals surface area contributed by atoms with Crippen molar-refractivity contribution in [1.29, 1.82) is 0 Å². The Hall–Kier alpha value is -0.470. The molecule has 0 unspecified atom stereocenters. The van der Waals surface area contributed by atoms with Crippen LogP contribution < -0.4 is 5.73 Å². The van der Waals surface area contributed by atoms with E-state index < -0.39 is 0 Å². The largest absolute Gasteiger partial charge is 0.330 e. The highest BCUT2D eigenvalue weighted by Crippen LogP contribution is 2.27. The Bertz CT molecular complexity index is 322. The molecular formula is C13H19NS. The van der Waals surface area contributed by atoms with Gasteiger partial charge in [0.1, 0.15) is 0 Å². The lowest BCUT2D eigenvalue weighted by molar-refractivity contribution is 0.814. The second kappa shape index (κ2) is 5.57. The van der Waals surface area contributed by atoms with Crippen molar-refractivity contribution >= 4 is 11.8 Å². The van der Waals surface area contributed by atoms with Crippen LogP contribution in [0.4, 0.5) is 0 Å². The van der Waals surface area contributed by atoms with Gasteiger partial charge in [-0.05, 0) is 67.7 Å². The number of hydrogen-bond acceptors (Lipinski definition) is 2. The molecule has 1 aliphatic rings. The number of rotatable bonds is 5. The average molecular weight is 221 g/mol. The monoisotopic (exact) mass is 221 g/mol. The Kier molecular flexibility index (Phi) is 4.09. The summed E-state index contributed by atoms with van der Waals surface area (Å²) in [5, 5.41) is 0. The quantitative estimate of drug-likeness (QED) is 0.611. The zero-order valence-electron chi connectivity index (χ0n) is 9.17. The molecule has 15 heavy (non-hydrogen) atoms. The van der Waals surface area contributed by atoms with Crippen LogP contribution in [0.15, 0.2) is 23.1 Å². The molecule has 1 aromatic rings. The van der Waals surface area contributed by atoms with Gasteiger partial charge in [0.05, 0.1) is 0 Å². The van der Waals surface area contributed by atoms with Crippen molar-refractivity contribution in [3.8, 4) is 0 Å². The fraction of sp³-hybridized carbons (Fsp3) is 0.538. The second-order valence-corrected chi connectivity index (χ2v) is 5.30. The van der Waals surface area contributed by atoms with Gasteiger partial charge in [0.15, 0.2) is 0 Å². The van der Waals surface area contributed by atoms with Gasteiger partial charge in [-0.25, -0.2) is 0 Å². The van der Waals surface area contributed by atoms with Crippen LogP contribution in [0.3, 0.4) is 0 Å². The third-order valence-electron chi connectivity index (χ3n) is 2.94. The van der Waals surface area contributed by atoms with Crippen LogP contribution in [0.1, 0.15) is 30.4 Å². The first-order valence-corrected chi connectivity index (χ1v) is 6.83. The highest BCUT2D eigenvalue weighted by atomic mass is 32.2. The topological polar surface area (TPSA) is 26.0 Å². The predicted molar refractivity (Wildman–Crippen MR) is 67.5 cm³/mol. The number of fused-ring (bicyclic) bond motifs is 1. The minimum Gasteiger partial charge on any atom is -0.330 e. The Morgan fingerprint density at radius 1 is 1.13 bits per heavy atom. The molecule has 0 bridgehead atoms. The van der Waals surface area contributed by atoms with E-state index in [0.29, 0.717) is 0 Å². The minimum atomic E-state index is 0.824. The summed E-state index contributed by atoms with van der Waals surface area (Å²) >= 11 is 1.97. The molecule has 0 aromatic heterocycles. The molecule has 1 aromatic carbocycles. The number of benzene rings is 1. The molecule has 0 heterocycles. The third kappa shape index (κ3) is 2.99. The minimum absolute atomic E-state index is 0.824. The van der Waals surface area contributed by atoms with E-state index in [9.17, 15) is 0 Å². The van der Waals surface area contributed by atoms with Gasteiger partial charge in [-0.2, -0.15) is 0 Å². The molecule has 0 saturated heterocycles. The van der Waals surface area contributed by atoms with Crippen LogP contribution in [-0.2, 0) is 12.8 Å². The lowest BCUT2D eigenvalue weighted by Gasteiger charge is -2.04. The molecule has 0 aliphatic heterocycles. The van der Waals surface area contributed by atoms with Crippen LogP contribution >= 0.6 is 11.8 Å². The van der Waals surface area contributed by atoms with Gasteiger partial charge in [0, 0.05) is 4.90 Å². The predicted octanol–water partition coefficient (Wildman–Crippen LogP) is 3.01. The van der Waals surface area contributed by atoms with Crippen LogP contribution in [0, 0.1) is 0 Å². The maximum absolute atomic E-state index is 5.47. The van der Waals surface area contributed by atoms with E-state index in [0.717, 1.165) is 13.0 Å². The van der Waals surface area contributed by atoms with E-state index in [1.165, 1.54) is 36.3 Å². The summed E-state index contributed by atoms with van der Waals surface area (Å²) < 4.78 is 0. The SMILES string of the molecule is NCCCCSc1ccc2c(c1)CCC2. The standard InChI is InChI=1S/C13H19NS/c14-8-1-2-9-15-13-7-6-11-4-3-5-12(11)10-13/h6-7,10H,1-5,8-9,14H2. The van der Waals surface area contributed by atoms with Crippen LogP contribution in [0.5, 0.6) is 0 Å². The zero-order chi connectivity index (χ0) is 10.5. The van der Waals surface area contributed by atoms with Crippen molar-refractivity contribution in [2.24, 2.45) is 5.73 Å². The van der Waals surface area contributed by atoms with Gasteiger partial charge in [0.2, 0.25) is 0 Å². The van der Waals surface area contributed by atoms with E-state index in [-0.39, 0.29) is 0 Å². The molecule has 0 fully saturated rings. The van der Waals surface area contributed by atoms with Gasteiger partial charge in [-0.3, -0.25) is 0 Å². The molecule has 82 valence electrons. The van der Waals surface area contributed by atoms with Crippen LogP contribution in [-0.4, -0.2) is 12.3 Å². The normalized spacial score (nSPS) is 14.2. The van der Waals surface area contributed by atoms with E-state index in [1.54, 1.807) is 11.1 Å². The molecule has 0 radical (unpaired) electrons. The fourth-order valence-electron chi connectivity index (χ4n) is 2.07. The van der Waals surface area contributed by atoms with Gasteiger partial charge in [-0.15, -0.1) is 11.8 Å². The first-order chi connectivity index (χ1) is 7.40. The fourth-order valence-corrected chi connectivity index (χ4v) is 3.05. The summed E-state index contributed by atoms with van der Waals surface area (Å²) in [4.78, 5) is 1.44. The number of hydrogen-bond donors (Lipinski definition) is 1. The molecule has 0 spiro atoms. The van der Waals surface area contributed by atoms with Crippen molar-refractivity contribution in [2.45, 2.75) is 37.0 Å². The summed E-state index contributed by atoms with van der Waals surface area (Å²) in [6.07, 6.45) is 6.30.